The highest BCUT2D eigenvalue weighted by molar-refractivity contribution is 14.0. The zero-order valence-corrected chi connectivity index (χ0v) is 20.5. The third-order valence-electron chi connectivity index (χ3n) is 5.05. The summed E-state index contributed by atoms with van der Waals surface area (Å²) in [5.74, 6) is 1.25. The van der Waals surface area contributed by atoms with Crippen LogP contribution in [0.15, 0.2) is 23.2 Å². The topological polar surface area (TPSA) is 42.9 Å². The van der Waals surface area contributed by atoms with E-state index in [-0.39, 0.29) is 29.8 Å². The van der Waals surface area contributed by atoms with Gasteiger partial charge < -0.3 is 15.5 Å². The first kappa shape index (κ1) is 25.1. The lowest BCUT2D eigenvalue weighted by Crippen LogP contribution is -2.46. The molecule has 7 heteroatoms. The van der Waals surface area contributed by atoms with E-state index in [1.54, 1.807) is 6.07 Å². The van der Waals surface area contributed by atoms with Crippen LogP contribution in [0.5, 0.6) is 0 Å². The summed E-state index contributed by atoms with van der Waals surface area (Å²) in [6.45, 7) is 12.9. The van der Waals surface area contributed by atoms with E-state index in [0.717, 1.165) is 31.2 Å². The number of hydrogen-bond donors (Lipinski definition) is 2. The van der Waals surface area contributed by atoms with Crippen molar-refractivity contribution < 1.29 is 4.39 Å². The summed E-state index contributed by atoms with van der Waals surface area (Å²) >= 11 is 0. The van der Waals surface area contributed by atoms with Crippen molar-refractivity contribution in [1.82, 2.24) is 20.4 Å². The molecule has 1 fully saturated rings. The molecule has 0 aliphatic carbocycles. The number of nitrogens with one attached hydrogen (secondary N) is 2. The van der Waals surface area contributed by atoms with Crippen LogP contribution >= 0.6 is 24.0 Å². The van der Waals surface area contributed by atoms with Crippen LogP contribution in [-0.4, -0.2) is 61.6 Å². The molecule has 2 rings (SSSR count). The van der Waals surface area contributed by atoms with Gasteiger partial charge >= 0.3 is 0 Å². The minimum atomic E-state index is -0.157. The summed E-state index contributed by atoms with van der Waals surface area (Å²) in [5, 5.41) is 6.94. The average Bonchev–Trinajstić information content (AvgIpc) is 2.96. The van der Waals surface area contributed by atoms with Crippen LogP contribution in [-0.2, 0) is 13.1 Å². The van der Waals surface area contributed by atoms with Gasteiger partial charge in [0.2, 0.25) is 0 Å². The zero-order valence-electron chi connectivity index (χ0n) is 18.1. The zero-order chi connectivity index (χ0) is 20.0. The summed E-state index contributed by atoms with van der Waals surface area (Å²) in [7, 11) is 3.89. The summed E-state index contributed by atoms with van der Waals surface area (Å²) in [6, 6.07) is 6.24. The second-order valence-electron chi connectivity index (χ2n) is 8.13. The van der Waals surface area contributed by atoms with E-state index in [0.29, 0.717) is 36.7 Å². The van der Waals surface area contributed by atoms with Crippen molar-refractivity contribution in [2.24, 2.45) is 10.9 Å². The summed E-state index contributed by atoms with van der Waals surface area (Å²) in [6.07, 6.45) is 0. The quantitative estimate of drug-likeness (QED) is 0.339. The third-order valence-corrected chi connectivity index (χ3v) is 5.05. The number of hydrogen-bond acceptors (Lipinski definition) is 3. The normalized spacial score (nSPS) is 20.5. The van der Waals surface area contributed by atoms with Crippen molar-refractivity contribution in [3.8, 4) is 0 Å². The molecule has 0 aromatic heterocycles. The Bertz CT molecular complexity index is 635. The Balaban J connectivity index is 0.00000392. The molecule has 1 aliphatic rings. The second kappa shape index (κ2) is 11.9. The summed E-state index contributed by atoms with van der Waals surface area (Å²) in [5.41, 5.74) is 1.73. The molecule has 28 heavy (non-hydrogen) atoms. The molecule has 160 valence electrons. The largest absolute Gasteiger partial charge is 0.357 e. The molecule has 5 nitrogen and oxygen atoms in total. The SMILES string of the molecule is CCNC(=NCc1ccc(F)c(CN(C)C)c1)NC1CN(C(C)C)CC1C.I. The van der Waals surface area contributed by atoms with Crippen LogP contribution in [0.4, 0.5) is 4.39 Å². The molecule has 1 aromatic carbocycles. The van der Waals surface area contributed by atoms with E-state index in [4.69, 9.17) is 4.99 Å². The average molecular weight is 505 g/mol. The van der Waals surface area contributed by atoms with Crippen molar-refractivity contribution in [3.63, 3.8) is 0 Å². The van der Waals surface area contributed by atoms with Gasteiger partial charge in [-0.2, -0.15) is 0 Å². The Morgan fingerprint density at radius 3 is 2.61 bits per heavy atom. The van der Waals surface area contributed by atoms with Crippen molar-refractivity contribution >= 4 is 29.9 Å². The predicted octanol–water partition coefficient (Wildman–Crippen LogP) is 3.29. The van der Waals surface area contributed by atoms with Crippen LogP contribution in [0, 0.1) is 11.7 Å². The van der Waals surface area contributed by atoms with Gasteiger partial charge in [0, 0.05) is 43.8 Å². The molecular formula is C21H37FIN5. The highest BCUT2D eigenvalue weighted by Gasteiger charge is 2.31. The molecule has 0 spiro atoms. The number of likely N-dealkylation sites (tertiary alicyclic amines) is 1. The molecule has 1 aromatic rings. The summed E-state index contributed by atoms with van der Waals surface area (Å²) in [4.78, 5) is 9.21. The van der Waals surface area contributed by atoms with Gasteiger partial charge in [-0.1, -0.05) is 13.0 Å². The van der Waals surface area contributed by atoms with E-state index in [9.17, 15) is 4.39 Å². The Hall–Kier alpha value is -0.930. The van der Waals surface area contributed by atoms with Crippen LogP contribution in [0.3, 0.4) is 0 Å². The molecule has 0 amide bonds. The van der Waals surface area contributed by atoms with E-state index >= 15 is 0 Å². The number of halogens is 2. The minimum absolute atomic E-state index is 0. The van der Waals surface area contributed by atoms with Crippen LogP contribution in [0.1, 0.15) is 38.8 Å². The van der Waals surface area contributed by atoms with Crippen molar-refractivity contribution in [3.05, 3.63) is 35.1 Å². The van der Waals surface area contributed by atoms with Gasteiger partial charge in [-0.05, 0) is 58.5 Å². The maximum atomic E-state index is 14.0. The van der Waals surface area contributed by atoms with E-state index in [2.05, 4.69) is 43.2 Å². The molecule has 1 heterocycles. The molecule has 2 unspecified atom stereocenters. The number of guanidine groups is 1. The number of rotatable bonds is 7. The lowest BCUT2D eigenvalue weighted by Gasteiger charge is -2.22. The third kappa shape index (κ3) is 7.48. The fourth-order valence-corrected chi connectivity index (χ4v) is 3.47. The monoisotopic (exact) mass is 505 g/mol. The number of nitrogens with zero attached hydrogens (tertiary/aromatic N) is 3. The van der Waals surface area contributed by atoms with Gasteiger partial charge in [0.1, 0.15) is 5.82 Å². The van der Waals surface area contributed by atoms with Crippen LogP contribution in [0.2, 0.25) is 0 Å². The van der Waals surface area contributed by atoms with Crippen molar-refractivity contribution in [1.29, 1.82) is 0 Å². The minimum Gasteiger partial charge on any atom is -0.357 e. The van der Waals surface area contributed by atoms with Gasteiger partial charge in [-0.15, -0.1) is 24.0 Å². The Kier molecular flexibility index (Phi) is 10.7. The van der Waals surface area contributed by atoms with E-state index in [1.807, 2.05) is 31.1 Å². The second-order valence-corrected chi connectivity index (χ2v) is 8.13. The fourth-order valence-electron chi connectivity index (χ4n) is 3.47. The van der Waals surface area contributed by atoms with Crippen molar-refractivity contribution in [2.75, 3.05) is 33.7 Å². The molecule has 1 saturated heterocycles. The van der Waals surface area contributed by atoms with Gasteiger partial charge in [0.15, 0.2) is 5.96 Å². The molecule has 2 atom stereocenters. The Morgan fingerprint density at radius 2 is 2.04 bits per heavy atom. The molecule has 1 aliphatic heterocycles. The summed E-state index contributed by atoms with van der Waals surface area (Å²) < 4.78 is 14.0. The highest BCUT2D eigenvalue weighted by Crippen LogP contribution is 2.18. The van der Waals surface area contributed by atoms with Gasteiger partial charge in [-0.3, -0.25) is 4.90 Å². The lowest BCUT2D eigenvalue weighted by molar-refractivity contribution is 0.265. The van der Waals surface area contributed by atoms with Gasteiger partial charge in [0.25, 0.3) is 0 Å². The lowest BCUT2D eigenvalue weighted by atomic mass is 10.1. The molecule has 2 N–H and O–H groups in total. The number of aliphatic imine (C=N–C) groups is 1. The predicted molar refractivity (Wildman–Crippen MR) is 127 cm³/mol. The first-order chi connectivity index (χ1) is 12.8. The Morgan fingerprint density at radius 1 is 1.32 bits per heavy atom. The van der Waals surface area contributed by atoms with Crippen molar-refractivity contribution in [2.45, 2.75) is 52.9 Å². The molecule has 0 bridgehead atoms. The Labute approximate surface area is 187 Å². The molecule has 0 radical (unpaired) electrons. The maximum Gasteiger partial charge on any atom is 0.191 e. The van der Waals surface area contributed by atoms with E-state index < -0.39 is 0 Å². The van der Waals surface area contributed by atoms with E-state index in [1.165, 1.54) is 0 Å². The van der Waals surface area contributed by atoms with Gasteiger partial charge in [-0.25, -0.2) is 9.38 Å². The number of benzene rings is 1. The fraction of sp³-hybridized carbons (Fsp3) is 0.667. The first-order valence-corrected chi connectivity index (χ1v) is 10.0. The molecular weight excluding hydrogens is 468 g/mol. The smallest absolute Gasteiger partial charge is 0.191 e. The highest BCUT2D eigenvalue weighted by atomic mass is 127. The first-order valence-electron chi connectivity index (χ1n) is 10.0. The van der Waals surface area contributed by atoms with Gasteiger partial charge in [0.05, 0.1) is 6.54 Å². The maximum absolute atomic E-state index is 14.0. The van der Waals surface area contributed by atoms with Crippen LogP contribution in [0.25, 0.3) is 0 Å². The molecule has 0 saturated carbocycles. The standard InChI is InChI=1S/C21H36FN5.HI/c1-7-23-21(25-20-14-27(15(2)3)12-16(20)4)24-11-17-8-9-19(22)18(10-17)13-26(5)6;/h8-10,15-16,20H,7,11-14H2,1-6H3,(H2,23,24,25);1H. The van der Waals surface area contributed by atoms with Crippen LogP contribution < -0.4 is 10.6 Å².